The van der Waals surface area contributed by atoms with Crippen LogP contribution in [0.15, 0.2) is 30.3 Å². The van der Waals surface area contributed by atoms with Crippen molar-refractivity contribution >= 4 is 62.9 Å². The van der Waals surface area contributed by atoms with Gasteiger partial charge >= 0.3 is 63.5 Å². The molecule has 90 valence electrons. The van der Waals surface area contributed by atoms with Gasteiger partial charge in [0.1, 0.15) is 6.07 Å². The van der Waals surface area contributed by atoms with Crippen molar-refractivity contribution in [1.29, 1.82) is 5.26 Å². The first-order chi connectivity index (χ1) is 7.84. The molecule has 0 unspecified atom stereocenters. The van der Waals surface area contributed by atoms with Gasteiger partial charge in [-0.15, -0.1) is 0 Å². The van der Waals surface area contributed by atoms with Crippen molar-refractivity contribution in [2.45, 2.75) is 6.18 Å². The van der Waals surface area contributed by atoms with Gasteiger partial charge in [0.2, 0.25) is 0 Å². The number of allylic oxidation sites excluding steroid dienone is 1. The van der Waals surface area contributed by atoms with Crippen LogP contribution in [0.2, 0.25) is 0 Å². The fourth-order valence-electron chi connectivity index (χ4n) is 1.14. The normalized spacial score (nSPS) is 11.3. The van der Waals surface area contributed by atoms with Crippen molar-refractivity contribution in [3.63, 3.8) is 0 Å². The van der Waals surface area contributed by atoms with Gasteiger partial charge in [-0.2, -0.15) is 18.4 Å². The van der Waals surface area contributed by atoms with E-state index in [1.54, 1.807) is 6.07 Å². The molecule has 0 radical (unpaired) electrons. The Hall–Kier alpha value is -0.654. The van der Waals surface area contributed by atoms with Crippen molar-refractivity contribution in [2.75, 3.05) is 0 Å². The molecule has 0 bridgehead atoms. The van der Waals surface area contributed by atoms with Gasteiger partial charge in [0.05, 0.1) is 11.1 Å². The Labute approximate surface area is 143 Å². The fourth-order valence-corrected chi connectivity index (χ4v) is 1.14. The summed E-state index contributed by atoms with van der Waals surface area (Å²) in [7, 11) is 0. The van der Waals surface area contributed by atoms with Crippen LogP contribution in [0.1, 0.15) is 11.1 Å². The van der Waals surface area contributed by atoms with E-state index in [4.69, 9.17) is 10.4 Å². The Morgan fingerprint density at radius 3 is 2.11 bits per heavy atom. The van der Waals surface area contributed by atoms with Gasteiger partial charge in [0.25, 0.3) is 0 Å². The molecule has 1 N–H and O–H groups in total. The Balaban J connectivity index is 0.00000289. The van der Waals surface area contributed by atoms with Gasteiger partial charge in [-0.3, -0.25) is 0 Å². The third kappa shape index (κ3) is 4.92. The maximum absolute atomic E-state index is 12.2. The van der Waals surface area contributed by atoms with Crippen molar-refractivity contribution in [1.82, 2.24) is 0 Å². The molecule has 0 aliphatic rings. The number of halogens is 3. The summed E-state index contributed by atoms with van der Waals surface area (Å²) in [6, 6.07) is 5.31. The number of carboxylic acids is 1. The van der Waals surface area contributed by atoms with E-state index >= 15 is 0 Å². The van der Waals surface area contributed by atoms with Gasteiger partial charge < -0.3 is 5.11 Å². The first kappa shape index (κ1) is 17.3. The zero-order valence-electron chi connectivity index (χ0n) is 8.32. The van der Waals surface area contributed by atoms with E-state index in [0.29, 0.717) is 6.08 Å². The van der Waals surface area contributed by atoms with E-state index in [0.717, 1.165) is 24.3 Å². The van der Waals surface area contributed by atoms with Gasteiger partial charge in [-0.25, -0.2) is 4.79 Å². The number of nitriles is 1. The van der Waals surface area contributed by atoms with Crippen LogP contribution in [-0.2, 0) is 11.0 Å². The molecule has 0 fully saturated rings. The Morgan fingerprint density at radius 1 is 1.28 bits per heavy atom. The zero-order chi connectivity index (χ0) is 13.1. The number of carboxylic acid groups (broad SMARTS) is 1. The monoisotopic (exact) mass is 281 g/mol. The molecule has 0 atom stereocenters. The van der Waals surface area contributed by atoms with Gasteiger partial charge in [0.15, 0.2) is 0 Å². The summed E-state index contributed by atoms with van der Waals surface area (Å²) in [6.45, 7) is 0. The topological polar surface area (TPSA) is 61.1 Å². The number of alkyl halides is 3. The average Bonchev–Trinajstić information content (AvgIpc) is 2.24. The molecule has 0 saturated carbocycles. The number of aliphatic carboxylic acids is 1. The van der Waals surface area contributed by atoms with Crippen LogP contribution in [0, 0.1) is 11.3 Å². The van der Waals surface area contributed by atoms with Crippen LogP contribution in [0.3, 0.4) is 0 Å². The van der Waals surface area contributed by atoms with Crippen molar-refractivity contribution < 1.29 is 23.1 Å². The summed E-state index contributed by atoms with van der Waals surface area (Å²) >= 11 is 0. The molecule has 0 saturated heterocycles. The second-order valence-corrected chi connectivity index (χ2v) is 3.08. The maximum atomic E-state index is 12.2. The Bertz CT molecular complexity index is 501. The first-order valence-corrected chi connectivity index (χ1v) is 4.37. The minimum atomic E-state index is -4.46. The molecule has 0 spiro atoms. The van der Waals surface area contributed by atoms with E-state index in [-0.39, 0.29) is 62.5 Å². The van der Waals surface area contributed by atoms with Gasteiger partial charge in [0, 0.05) is 6.08 Å². The van der Waals surface area contributed by atoms with E-state index in [1.165, 1.54) is 0 Å². The van der Waals surface area contributed by atoms with E-state index in [9.17, 15) is 18.0 Å². The third-order valence-electron chi connectivity index (χ3n) is 1.91. The van der Waals surface area contributed by atoms with Crippen molar-refractivity contribution in [3.8, 4) is 6.07 Å². The second-order valence-electron chi connectivity index (χ2n) is 3.08. The van der Waals surface area contributed by atoms with Crippen LogP contribution in [-0.4, -0.2) is 62.5 Å². The summed E-state index contributed by atoms with van der Waals surface area (Å²) in [5.41, 5.74) is -0.928. The van der Waals surface area contributed by atoms with E-state index in [2.05, 4.69) is 0 Å². The molecule has 0 aliphatic heterocycles. The molecule has 3 nitrogen and oxygen atoms in total. The molecule has 0 amide bonds. The molecule has 1 rings (SSSR count). The zero-order valence-corrected chi connectivity index (χ0v) is 8.32. The summed E-state index contributed by atoms with van der Waals surface area (Å²) in [6.07, 6.45) is -3.82. The van der Waals surface area contributed by atoms with Crippen molar-refractivity contribution in [3.05, 3.63) is 41.5 Å². The van der Waals surface area contributed by atoms with E-state index < -0.39 is 17.7 Å². The molecule has 1 aromatic carbocycles. The molecule has 1 aromatic rings. The van der Waals surface area contributed by atoms with Crippen LogP contribution in [0.5, 0.6) is 0 Å². The first-order valence-electron chi connectivity index (χ1n) is 4.37. The predicted octanol–water partition coefficient (Wildman–Crippen LogP) is 2.05. The summed E-state index contributed by atoms with van der Waals surface area (Å²) in [5, 5.41) is 17.1. The van der Waals surface area contributed by atoms with Gasteiger partial charge in [-0.1, -0.05) is 12.1 Å². The van der Waals surface area contributed by atoms with E-state index in [1.807, 2.05) is 0 Å². The molecule has 0 aromatic heterocycles. The molecular weight excluding hydrogens is 274 g/mol. The van der Waals surface area contributed by atoms with Gasteiger partial charge in [-0.05, 0) is 17.7 Å². The molecule has 7 heteroatoms. The van der Waals surface area contributed by atoms with Crippen molar-refractivity contribution in [2.24, 2.45) is 0 Å². The van der Waals surface area contributed by atoms with Crippen LogP contribution in [0.4, 0.5) is 13.2 Å². The standard InChI is InChI=1S/C11H6F3NO2.K.H/c12-11(13,14)9-3-1-7(2-4-9)8(6-15)5-10(16)17;;/h1-5H,(H,16,17);;/b8-5-;;. The van der Waals surface area contributed by atoms with Crippen LogP contribution in [0.25, 0.3) is 5.57 Å². The number of benzene rings is 1. The second kappa shape index (κ2) is 7.06. The van der Waals surface area contributed by atoms with Crippen LogP contribution < -0.4 is 0 Å². The number of rotatable bonds is 2. The number of hydrogen-bond donors (Lipinski definition) is 1. The molecule has 18 heavy (non-hydrogen) atoms. The quantitative estimate of drug-likeness (QED) is 0.512. The molecule has 0 aliphatic carbocycles. The fraction of sp³-hybridized carbons (Fsp3) is 0.0909. The number of nitrogens with zero attached hydrogens (tertiary/aromatic N) is 1. The summed E-state index contributed by atoms with van der Waals surface area (Å²) in [5.74, 6) is -1.33. The average molecular weight is 281 g/mol. The third-order valence-corrected chi connectivity index (χ3v) is 1.91. The minimum absolute atomic E-state index is 0. The number of hydrogen-bond acceptors (Lipinski definition) is 2. The Morgan fingerprint density at radius 2 is 1.78 bits per heavy atom. The molecule has 0 heterocycles. The Kier molecular flexibility index (Phi) is 6.81. The summed E-state index contributed by atoms with van der Waals surface area (Å²) < 4.78 is 36.7. The summed E-state index contributed by atoms with van der Waals surface area (Å²) in [4.78, 5) is 10.4. The molecular formula is C11H7F3KNO2. The number of carbonyl (C=O) groups is 1. The predicted molar refractivity (Wildman–Crippen MR) is 59.8 cm³/mol. The SMILES string of the molecule is N#C/C(=C/C(=O)O)c1ccc(C(F)(F)F)cc1.[KH]. The van der Waals surface area contributed by atoms with Crippen LogP contribution >= 0.6 is 0 Å².